The molecule has 288 valence electrons. The van der Waals surface area contributed by atoms with Crippen molar-refractivity contribution >= 4 is 94.2 Å². The lowest BCUT2D eigenvalue weighted by atomic mass is 9.89. The van der Waals surface area contributed by atoms with Crippen molar-refractivity contribution in [2.45, 2.75) is 6.92 Å². The molecule has 2 nitrogen and oxygen atoms in total. The number of furan rings is 1. The SMILES string of the molecule is C=C/C=C\c1c2cc(c3ccccc13)c1ccccc1n(-c1ccccc1-c1cc3ccccc3c3ccccc13)c(=C)cc2/C(=C\C)c1cccc2c1oc1ccccc12. The van der Waals surface area contributed by atoms with Crippen molar-refractivity contribution in [1.82, 2.24) is 4.57 Å². The van der Waals surface area contributed by atoms with Crippen molar-refractivity contribution in [3.05, 3.63) is 229 Å². The van der Waals surface area contributed by atoms with E-state index in [1.165, 1.54) is 32.5 Å². The fourth-order valence-corrected chi connectivity index (χ4v) is 9.64. The van der Waals surface area contributed by atoms with Gasteiger partial charge in [0, 0.05) is 32.6 Å². The molecule has 9 aromatic carbocycles. The van der Waals surface area contributed by atoms with E-state index in [1.54, 1.807) is 0 Å². The average molecular weight is 780 g/mol. The highest BCUT2D eigenvalue weighted by Crippen LogP contribution is 2.42. The van der Waals surface area contributed by atoms with E-state index in [2.05, 4.69) is 206 Å². The highest BCUT2D eigenvalue weighted by molar-refractivity contribution is 6.19. The lowest BCUT2D eigenvalue weighted by Gasteiger charge is -2.18. The number of nitrogens with zero attached hydrogens (tertiary/aromatic N) is 1. The van der Waals surface area contributed by atoms with Crippen LogP contribution in [0.5, 0.6) is 0 Å². The molecule has 2 aromatic heterocycles. The van der Waals surface area contributed by atoms with E-state index < -0.39 is 0 Å². The summed E-state index contributed by atoms with van der Waals surface area (Å²) in [5.41, 5.74) is 10.4. The molecule has 2 heteroatoms. The fraction of sp³-hybridized carbons (Fsp3) is 0.0169. The molecule has 0 aliphatic heterocycles. The van der Waals surface area contributed by atoms with Gasteiger partial charge in [0.2, 0.25) is 0 Å². The van der Waals surface area contributed by atoms with Gasteiger partial charge in [-0.15, -0.1) is 0 Å². The molecule has 61 heavy (non-hydrogen) atoms. The summed E-state index contributed by atoms with van der Waals surface area (Å²) in [7, 11) is 0. The van der Waals surface area contributed by atoms with Crippen molar-refractivity contribution in [3.8, 4) is 16.8 Å². The van der Waals surface area contributed by atoms with Crippen LogP contribution < -0.4 is 5.35 Å². The fourth-order valence-electron chi connectivity index (χ4n) is 9.64. The second kappa shape index (κ2) is 14.7. The first-order valence-electron chi connectivity index (χ1n) is 20.9. The van der Waals surface area contributed by atoms with Gasteiger partial charge < -0.3 is 8.98 Å². The van der Waals surface area contributed by atoms with E-state index in [0.717, 1.165) is 87.9 Å². The first-order chi connectivity index (χ1) is 30.1. The Hall–Kier alpha value is -7.94. The van der Waals surface area contributed by atoms with Crippen LogP contribution in [0.3, 0.4) is 0 Å². The quantitative estimate of drug-likeness (QED) is 0.121. The summed E-state index contributed by atoms with van der Waals surface area (Å²) < 4.78 is 9.10. The van der Waals surface area contributed by atoms with Gasteiger partial charge in [-0.1, -0.05) is 183 Å². The van der Waals surface area contributed by atoms with E-state index in [-0.39, 0.29) is 0 Å². The number of hydrogen-bond donors (Lipinski definition) is 0. The molecule has 0 aliphatic rings. The van der Waals surface area contributed by atoms with Crippen LogP contribution in [0.25, 0.3) is 111 Å². The van der Waals surface area contributed by atoms with E-state index in [1.807, 2.05) is 18.2 Å². The molecule has 0 spiro atoms. The Morgan fingerprint density at radius 1 is 0.508 bits per heavy atom. The molecular formula is C59H41NO. The topological polar surface area (TPSA) is 18.1 Å². The Balaban J connectivity index is 1.33. The van der Waals surface area contributed by atoms with Gasteiger partial charge in [-0.2, -0.15) is 0 Å². The molecule has 11 rings (SSSR count). The van der Waals surface area contributed by atoms with Crippen LogP contribution in [0.4, 0.5) is 0 Å². The summed E-state index contributed by atoms with van der Waals surface area (Å²) in [4.78, 5) is 0. The Kier molecular flexibility index (Phi) is 8.72. The van der Waals surface area contributed by atoms with Gasteiger partial charge in [0.15, 0.2) is 0 Å². The summed E-state index contributed by atoms with van der Waals surface area (Å²) >= 11 is 0. The smallest absolute Gasteiger partial charge is 0.143 e. The predicted molar refractivity (Wildman–Crippen MR) is 263 cm³/mol. The molecule has 2 heterocycles. The number of para-hydroxylation sites is 4. The molecule has 0 radical (unpaired) electrons. The van der Waals surface area contributed by atoms with Gasteiger partial charge in [-0.3, -0.25) is 0 Å². The largest absolute Gasteiger partial charge is 0.455 e. The van der Waals surface area contributed by atoms with Crippen LogP contribution in [0, 0.1) is 0 Å². The van der Waals surface area contributed by atoms with E-state index in [9.17, 15) is 0 Å². The van der Waals surface area contributed by atoms with Gasteiger partial charge in [0.1, 0.15) is 11.2 Å². The minimum absolute atomic E-state index is 0.835. The third-order valence-electron chi connectivity index (χ3n) is 12.3. The zero-order valence-corrected chi connectivity index (χ0v) is 33.9. The summed E-state index contributed by atoms with van der Waals surface area (Å²) in [6, 6.07) is 65.6. The van der Waals surface area contributed by atoms with Crippen LogP contribution in [0.2, 0.25) is 0 Å². The molecule has 0 aliphatic carbocycles. The number of aromatic nitrogens is 1. The van der Waals surface area contributed by atoms with Gasteiger partial charge in [0.05, 0.1) is 11.2 Å². The Bertz CT molecular complexity index is 3760. The predicted octanol–water partition coefficient (Wildman–Crippen LogP) is 15.7. The van der Waals surface area contributed by atoms with Gasteiger partial charge in [-0.25, -0.2) is 0 Å². The third-order valence-corrected chi connectivity index (χ3v) is 12.3. The second-order valence-electron chi connectivity index (χ2n) is 15.6. The number of fused-ring (bicyclic) bond motifs is 12. The molecule has 0 saturated carbocycles. The second-order valence-corrected chi connectivity index (χ2v) is 15.6. The normalized spacial score (nSPS) is 12.2. The van der Waals surface area contributed by atoms with Gasteiger partial charge >= 0.3 is 0 Å². The standard InChI is InChI=1S/C59H41NO/c1-4-6-21-44-43-24-10-12-26-46(43)54-37-55(44)52(40(5-2)50-30-19-31-51-49-29-15-18-34-58(49)61-59(50)51)35-38(3)60(57-33-17-14-28-48(54)57)56-32-16-13-27-47(56)53-36-39-20-7-8-22-41(39)42-23-9-11-25-45(42)53/h4-37H,1,3H2,2H3/b21-6-,40-5-,52-35?. The van der Waals surface area contributed by atoms with Gasteiger partial charge in [-0.05, 0) is 109 Å². The molecule has 2 bridgehead atoms. The van der Waals surface area contributed by atoms with Crippen molar-refractivity contribution < 1.29 is 4.42 Å². The highest BCUT2D eigenvalue weighted by Gasteiger charge is 2.20. The first kappa shape index (κ1) is 36.2. The van der Waals surface area contributed by atoms with Crippen molar-refractivity contribution in [2.24, 2.45) is 0 Å². The minimum Gasteiger partial charge on any atom is -0.455 e. The van der Waals surface area contributed by atoms with Crippen molar-refractivity contribution in [3.63, 3.8) is 0 Å². The molecule has 0 atom stereocenters. The first-order valence-corrected chi connectivity index (χ1v) is 20.9. The molecule has 0 unspecified atom stereocenters. The lowest BCUT2D eigenvalue weighted by molar-refractivity contribution is 0.667. The number of allylic oxidation sites excluding steroid dienone is 3. The van der Waals surface area contributed by atoms with Crippen molar-refractivity contribution in [2.75, 3.05) is 0 Å². The van der Waals surface area contributed by atoms with E-state index in [0.29, 0.717) is 0 Å². The molecule has 0 fully saturated rings. The lowest BCUT2D eigenvalue weighted by Crippen LogP contribution is -2.17. The molecule has 0 N–H and O–H groups in total. The Morgan fingerprint density at radius 2 is 1.15 bits per heavy atom. The summed E-state index contributed by atoms with van der Waals surface area (Å²) in [6.45, 7) is 11.2. The molecule has 0 amide bonds. The van der Waals surface area contributed by atoms with Crippen LogP contribution in [0.15, 0.2) is 211 Å². The number of hydrogen-bond acceptors (Lipinski definition) is 1. The summed E-state index contributed by atoms with van der Waals surface area (Å²) in [6.07, 6.45) is 8.31. The van der Waals surface area contributed by atoms with E-state index >= 15 is 0 Å². The van der Waals surface area contributed by atoms with Crippen LogP contribution in [-0.4, -0.2) is 4.57 Å². The van der Waals surface area contributed by atoms with Crippen LogP contribution in [-0.2, 0) is 0 Å². The number of benzene rings is 9. The minimum atomic E-state index is 0.835. The van der Waals surface area contributed by atoms with E-state index in [4.69, 9.17) is 11.0 Å². The highest BCUT2D eigenvalue weighted by atomic mass is 16.3. The number of rotatable bonds is 6. The van der Waals surface area contributed by atoms with Crippen LogP contribution in [0.1, 0.15) is 23.6 Å². The molecule has 11 aromatic rings. The summed E-state index contributed by atoms with van der Waals surface area (Å²) in [5.74, 6) is 0. The maximum absolute atomic E-state index is 6.73. The van der Waals surface area contributed by atoms with Crippen LogP contribution >= 0.6 is 0 Å². The van der Waals surface area contributed by atoms with Gasteiger partial charge in [0.25, 0.3) is 0 Å². The zero-order chi connectivity index (χ0) is 41.0. The van der Waals surface area contributed by atoms with Crippen molar-refractivity contribution in [1.29, 1.82) is 0 Å². The Labute approximate surface area is 354 Å². The average Bonchev–Trinajstić information content (AvgIpc) is 3.71. The summed E-state index contributed by atoms with van der Waals surface area (Å²) in [5, 5.41) is 13.6. The molecule has 0 saturated heterocycles. The zero-order valence-electron chi connectivity index (χ0n) is 33.9. The third kappa shape index (κ3) is 5.79. The monoisotopic (exact) mass is 779 g/mol. The molecular weight excluding hydrogens is 739 g/mol. The maximum Gasteiger partial charge on any atom is 0.143 e. The maximum atomic E-state index is 6.73. The Morgan fingerprint density at radius 3 is 1.95 bits per heavy atom.